The van der Waals surface area contributed by atoms with Crippen LogP contribution in [-0.2, 0) is 23.6 Å². The number of ether oxygens (including phenoxy) is 1. The van der Waals surface area contributed by atoms with Crippen molar-refractivity contribution >= 4 is 5.82 Å². The van der Waals surface area contributed by atoms with Gasteiger partial charge in [-0.15, -0.1) is 10.2 Å². The predicted molar refractivity (Wildman–Crippen MR) is 75.7 cm³/mol. The lowest BCUT2D eigenvalue weighted by atomic mass is 9.75. The number of aromatic nitrogens is 4. The number of pyridine rings is 1. The van der Waals surface area contributed by atoms with Gasteiger partial charge in [-0.25, -0.2) is 4.98 Å². The van der Waals surface area contributed by atoms with Crippen LogP contribution in [0, 0.1) is 6.92 Å². The minimum absolute atomic E-state index is 0.0138. The van der Waals surface area contributed by atoms with Gasteiger partial charge in [0.05, 0.1) is 13.2 Å². The Morgan fingerprint density at radius 3 is 2.75 bits per heavy atom. The van der Waals surface area contributed by atoms with Gasteiger partial charge in [-0.05, 0) is 24.6 Å². The van der Waals surface area contributed by atoms with Crippen molar-refractivity contribution in [1.29, 1.82) is 0 Å². The Kier molecular flexibility index (Phi) is 3.17. The summed E-state index contributed by atoms with van der Waals surface area (Å²) in [6.07, 6.45) is 2.56. The van der Waals surface area contributed by atoms with Crippen LogP contribution in [0.3, 0.4) is 0 Å². The predicted octanol–water partition coefficient (Wildman–Crippen LogP) is 1.07. The van der Waals surface area contributed by atoms with Crippen molar-refractivity contribution in [2.24, 2.45) is 7.05 Å². The molecule has 1 saturated heterocycles. The molecular formula is C14H19N5O. The Balaban J connectivity index is 1.96. The fourth-order valence-electron chi connectivity index (χ4n) is 2.59. The van der Waals surface area contributed by atoms with E-state index in [0.717, 1.165) is 23.8 Å². The average Bonchev–Trinajstić information content (AvgIpc) is 2.78. The first-order valence-electron chi connectivity index (χ1n) is 6.70. The SMILES string of the molecule is CNc1cc(C2(Cc3nncn3C)COC2)cc(C)n1. The van der Waals surface area contributed by atoms with Crippen molar-refractivity contribution in [1.82, 2.24) is 19.7 Å². The summed E-state index contributed by atoms with van der Waals surface area (Å²) in [4.78, 5) is 4.45. The van der Waals surface area contributed by atoms with Crippen molar-refractivity contribution < 1.29 is 4.74 Å². The van der Waals surface area contributed by atoms with E-state index in [9.17, 15) is 0 Å². The highest BCUT2D eigenvalue weighted by Crippen LogP contribution is 2.36. The summed E-state index contributed by atoms with van der Waals surface area (Å²) in [7, 11) is 3.86. The van der Waals surface area contributed by atoms with Gasteiger partial charge in [-0.2, -0.15) is 0 Å². The quantitative estimate of drug-likeness (QED) is 0.902. The summed E-state index contributed by atoms with van der Waals surface area (Å²) >= 11 is 0. The van der Waals surface area contributed by atoms with Crippen LogP contribution in [-0.4, -0.2) is 40.0 Å². The van der Waals surface area contributed by atoms with Crippen LogP contribution in [0.2, 0.25) is 0 Å². The number of rotatable bonds is 4. The van der Waals surface area contributed by atoms with Crippen molar-refractivity contribution in [3.05, 3.63) is 35.5 Å². The molecule has 1 fully saturated rings. The average molecular weight is 273 g/mol. The lowest BCUT2D eigenvalue weighted by molar-refractivity contribution is -0.0611. The van der Waals surface area contributed by atoms with Crippen molar-refractivity contribution in [2.45, 2.75) is 18.8 Å². The molecule has 0 amide bonds. The summed E-state index contributed by atoms with van der Waals surface area (Å²) < 4.78 is 7.46. The van der Waals surface area contributed by atoms with Gasteiger partial charge < -0.3 is 14.6 Å². The van der Waals surface area contributed by atoms with Crippen LogP contribution in [0.4, 0.5) is 5.82 Å². The molecule has 0 spiro atoms. The van der Waals surface area contributed by atoms with Gasteiger partial charge in [0.2, 0.25) is 0 Å². The van der Waals surface area contributed by atoms with Gasteiger partial charge in [0.25, 0.3) is 0 Å². The van der Waals surface area contributed by atoms with E-state index < -0.39 is 0 Å². The smallest absolute Gasteiger partial charge is 0.133 e. The van der Waals surface area contributed by atoms with Crippen LogP contribution < -0.4 is 5.32 Å². The maximum atomic E-state index is 5.50. The van der Waals surface area contributed by atoms with Gasteiger partial charge in [-0.3, -0.25) is 0 Å². The first-order chi connectivity index (χ1) is 9.63. The molecule has 2 aromatic heterocycles. The second-order valence-electron chi connectivity index (χ2n) is 5.44. The molecule has 3 heterocycles. The first-order valence-corrected chi connectivity index (χ1v) is 6.70. The van der Waals surface area contributed by atoms with Gasteiger partial charge >= 0.3 is 0 Å². The van der Waals surface area contributed by atoms with Gasteiger partial charge in [0.1, 0.15) is 18.0 Å². The van der Waals surface area contributed by atoms with Crippen LogP contribution in [0.15, 0.2) is 18.5 Å². The third kappa shape index (κ3) is 2.16. The fraction of sp³-hybridized carbons (Fsp3) is 0.500. The topological polar surface area (TPSA) is 64.9 Å². The standard InChI is InChI=1S/C14H19N5O/c1-10-4-11(5-12(15-2)17-10)14(7-20-8-14)6-13-18-16-9-19(13)3/h4-5,9H,6-8H2,1-3H3,(H,15,17). The second-order valence-corrected chi connectivity index (χ2v) is 5.44. The minimum atomic E-state index is -0.0138. The molecule has 1 aliphatic rings. The van der Waals surface area contributed by atoms with Gasteiger partial charge in [-0.1, -0.05) is 0 Å². The number of nitrogens with one attached hydrogen (secondary N) is 1. The molecule has 2 aromatic rings. The minimum Gasteiger partial charge on any atom is -0.379 e. The van der Waals surface area contributed by atoms with Crippen LogP contribution >= 0.6 is 0 Å². The number of nitrogens with zero attached hydrogens (tertiary/aromatic N) is 4. The third-order valence-corrected chi connectivity index (χ3v) is 3.88. The van der Waals surface area contributed by atoms with Crippen LogP contribution in [0.25, 0.3) is 0 Å². The third-order valence-electron chi connectivity index (χ3n) is 3.88. The maximum absolute atomic E-state index is 5.50. The molecule has 1 aliphatic heterocycles. The van der Waals surface area contributed by atoms with Crippen molar-refractivity contribution in [2.75, 3.05) is 25.6 Å². The molecule has 1 N–H and O–H groups in total. The summed E-state index contributed by atoms with van der Waals surface area (Å²) in [5.74, 6) is 1.87. The zero-order valence-corrected chi connectivity index (χ0v) is 12.1. The largest absolute Gasteiger partial charge is 0.379 e. The Bertz CT molecular complexity index is 618. The molecule has 0 unspecified atom stereocenters. The molecule has 6 nitrogen and oxygen atoms in total. The molecule has 0 aromatic carbocycles. The highest BCUT2D eigenvalue weighted by atomic mass is 16.5. The van der Waals surface area contributed by atoms with Gasteiger partial charge in [0, 0.05) is 31.6 Å². The van der Waals surface area contributed by atoms with Crippen LogP contribution in [0.5, 0.6) is 0 Å². The molecule has 0 atom stereocenters. The highest BCUT2D eigenvalue weighted by Gasteiger charge is 2.42. The van der Waals surface area contributed by atoms with Crippen LogP contribution in [0.1, 0.15) is 17.1 Å². The molecule has 0 saturated carbocycles. The molecular weight excluding hydrogens is 254 g/mol. The Labute approximate surface area is 118 Å². The summed E-state index contributed by atoms with van der Waals surface area (Å²) in [5.41, 5.74) is 2.25. The lowest BCUT2D eigenvalue weighted by Gasteiger charge is -2.41. The summed E-state index contributed by atoms with van der Waals surface area (Å²) in [6, 6.07) is 4.24. The molecule has 6 heteroatoms. The normalized spacial score (nSPS) is 16.8. The van der Waals surface area contributed by atoms with E-state index in [2.05, 4.69) is 32.6 Å². The summed E-state index contributed by atoms with van der Waals surface area (Å²) in [6.45, 7) is 3.44. The first kappa shape index (κ1) is 13.1. The number of hydrogen-bond donors (Lipinski definition) is 1. The van der Waals surface area contributed by atoms with Gasteiger partial charge in [0.15, 0.2) is 0 Å². The number of aryl methyl sites for hydroxylation is 2. The highest BCUT2D eigenvalue weighted by molar-refractivity contribution is 5.43. The second kappa shape index (κ2) is 4.86. The maximum Gasteiger partial charge on any atom is 0.133 e. The molecule has 0 radical (unpaired) electrons. The molecule has 106 valence electrons. The van der Waals surface area contributed by atoms with Crippen molar-refractivity contribution in [3.63, 3.8) is 0 Å². The Hall–Kier alpha value is -1.95. The Morgan fingerprint density at radius 2 is 2.20 bits per heavy atom. The van der Waals surface area contributed by atoms with E-state index >= 15 is 0 Å². The molecule has 3 rings (SSSR count). The van der Waals surface area contributed by atoms with E-state index in [1.54, 1.807) is 6.33 Å². The van der Waals surface area contributed by atoms with E-state index in [4.69, 9.17) is 4.74 Å². The Morgan fingerprint density at radius 1 is 1.40 bits per heavy atom. The van der Waals surface area contributed by atoms with E-state index in [1.165, 1.54) is 5.56 Å². The van der Waals surface area contributed by atoms with E-state index in [1.807, 2.05) is 25.6 Å². The lowest BCUT2D eigenvalue weighted by Crippen LogP contribution is -2.49. The molecule has 20 heavy (non-hydrogen) atoms. The fourth-order valence-corrected chi connectivity index (χ4v) is 2.59. The molecule has 0 bridgehead atoms. The zero-order valence-electron chi connectivity index (χ0n) is 12.1. The monoisotopic (exact) mass is 273 g/mol. The molecule has 0 aliphatic carbocycles. The van der Waals surface area contributed by atoms with Crippen molar-refractivity contribution in [3.8, 4) is 0 Å². The van der Waals surface area contributed by atoms with E-state index in [0.29, 0.717) is 13.2 Å². The number of hydrogen-bond acceptors (Lipinski definition) is 5. The summed E-state index contributed by atoms with van der Waals surface area (Å²) in [5, 5.41) is 11.3. The zero-order chi connectivity index (χ0) is 14.2. The van der Waals surface area contributed by atoms with E-state index in [-0.39, 0.29) is 5.41 Å². The number of anilines is 1.